The number of halogens is 1. The van der Waals surface area contributed by atoms with Crippen LogP contribution in [0.2, 0.25) is 5.02 Å². The fraction of sp³-hybridized carbons (Fsp3) is 0.375. The summed E-state index contributed by atoms with van der Waals surface area (Å²) in [6.45, 7) is 11.6. The van der Waals surface area contributed by atoms with Crippen molar-refractivity contribution in [3.8, 4) is 16.9 Å². The van der Waals surface area contributed by atoms with Crippen LogP contribution in [-0.4, -0.2) is 46.7 Å². The van der Waals surface area contributed by atoms with Crippen LogP contribution in [0.5, 0.6) is 5.75 Å². The van der Waals surface area contributed by atoms with E-state index in [1.165, 1.54) is 48.2 Å². The summed E-state index contributed by atoms with van der Waals surface area (Å²) in [4.78, 5) is 50.8. The molecule has 0 saturated heterocycles. The van der Waals surface area contributed by atoms with E-state index in [0.717, 1.165) is 0 Å². The van der Waals surface area contributed by atoms with Gasteiger partial charge in [0, 0.05) is 47.4 Å². The Labute approximate surface area is 251 Å². The minimum absolute atomic E-state index is 0.0756. The number of carboxylic acid groups (broad SMARTS) is 1. The molecule has 1 atom stereocenters. The van der Waals surface area contributed by atoms with Crippen LogP contribution in [0.15, 0.2) is 59.5 Å². The lowest BCUT2D eigenvalue weighted by atomic mass is 9.96. The van der Waals surface area contributed by atoms with Crippen LogP contribution in [0.4, 0.5) is 5.69 Å². The lowest BCUT2D eigenvalue weighted by Gasteiger charge is -2.24. The zero-order valence-electron chi connectivity index (χ0n) is 25.1. The van der Waals surface area contributed by atoms with E-state index in [-0.39, 0.29) is 36.5 Å². The number of pyridine rings is 1. The number of carbonyl (C=O) groups is 3. The number of aromatic carboxylic acids is 1. The van der Waals surface area contributed by atoms with Gasteiger partial charge in [-0.25, -0.2) is 4.79 Å². The first-order valence-electron chi connectivity index (χ1n) is 13.8. The average Bonchev–Trinajstić information content (AvgIpc) is 2.95. The summed E-state index contributed by atoms with van der Waals surface area (Å²) in [7, 11) is 1.43. The second kappa shape index (κ2) is 15.3. The summed E-state index contributed by atoms with van der Waals surface area (Å²) in [6, 6.07) is 10.9. The van der Waals surface area contributed by atoms with Crippen LogP contribution in [-0.2, 0) is 9.53 Å². The van der Waals surface area contributed by atoms with Crippen LogP contribution in [0.3, 0.4) is 0 Å². The third-order valence-electron chi connectivity index (χ3n) is 6.12. The molecule has 1 unspecified atom stereocenters. The van der Waals surface area contributed by atoms with E-state index in [9.17, 15) is 19.2 Å². The van der Waals surface area contributed by atoms with E-state index in [2.05, 4.69) is 5.32 Å². The minimum Gasteiger partial charge on any atom is -0.495 e. The largest absolute Gasteiger partial charge is 0.495 e. The van der Waals surface area contributed by atoms with Gasteiger partial charge in [-0.1, -0.05) is 32.4 Å². The summed E-state index contributed by atoms with van der Waals surface area (Å²) in [5.74, 6) is -1.44. The average molecular weight is 599 g/mol. The number of methoxy groups -OCH3 is 1. The molecule has 0 aliphatic rings. The maximum absolute atomic E-state index is 13.5. The van der Waals surface area contributed by atoms with Gasteiger partial charge in [-0.05, 0) is 68.8 Å². The number of benzene rings is 2. The second-order valence-electron chi connectivity index (χ2n) is 10.1. The second-order valence-corrected chi connectivity index (χ2v) is 10.5. The number of amides is 1. The number of rotatable bonds is 11. The number of hydrogen-bond donors (Lipinski definition) is 2. The Morgan fingerprint density at radius 1 is 1.02 bits per heavy atom. The molecule has 1 aromatic heterocycles. The smallest absolute Gasteiger partial charge is 0.335 e. The first-order valence-corrected chi connectivity index (χ1v) is 14.1. The monoisotopic (exact) mass is 598 g/mol. The van der Waals surface area contributed by atoms with Crippen molar-refractivity contribution in [2.75, 3.05) is 19.0 Å². The van der Waals surface area contributed by atoms with Crippen LogP contribution in [0.1, 0.15) is 81.1 Å². The number of ketones is 1. The Morgan fingerprint density at radius 3 is 2.21 bits per heavy atom. The van der Waals surface area contributed by atoms with E-state index in [1.54, 1.807) is 25.1 Å². The standard InChI is InChI=1S/C30H33ClN2O7.C2H6/c1-6-25(34)21-12-9-19(31)15-22(21)23-16-27(35)33(17-26(23)39-5)24(13-14-40-30(2,3)4)28(36)32-20-10-7-18(8-11-20)29(37)38;1-2/h7-12,15-17,24H,6,13-14H2,1-5H3,(H,32,36)(H,37,38);1-2H3. The molecule has 0 bridgehead atoms. The van der Waals surface area contributed by atoms with Crippen molar-refractivity contribution in [1.82, 2.24) is 4.57 Å². The Kier molecular flexibility index (Phi) is 12.5. The van der Waals surface area contributed by atoms with Crippen molar-refractivity contribution in [2.45, 2.75) is 66.0 Å². The SMILES string of the molecule is CC.CCC(=O)c1ccc(Cl)cc1-c1cc(=O)n(C(CCOC(C)(C)C)C(=O)Nc2ccc(C(=O)O)cc2)cc1OC. The van der Waals surface area contributed by atoms with E-state index in [0.29, 0.717) is 27.4 Å². The van der Waals surface area contributed by atoms with Gasteiger partial charge in [0.15, 0.2) is 5.78 Å². The normalized spacial score (nSPS) is 11.6. The summed E-state index contributed by atoms with van der Waals surface area (Å²) < 4.78 is 12.7. The zero-order valence-corrected chi connectivity index (χ0v) is 25.9. The fourth-order valence-electron chi connectivity index (χ4n) is 4.11. The number of aromatic nitrogens is 1. The molecule has 0 spiro atoms. The summed E-state index contributed by atoms with van der Waals surface area (Å²) in [5.41, 5.74) is 0.715. The maximum atomic E-state index is 13.5. The molecule has 10 heteroatoms. The fourth-order valence-corrected chi connectivity index (χ4v) is 4.29. The van der Waals surface area contributed by atoms with Gasteiger partial charge in [0.05, 0.1) is 24.5 Å². The Morgan fingerprint density at radius 2 is 1.67 bits per heavy atom. The van der Waals surface area contributed by atoms with E-state index in [1.807, 2.05) is 34.6 Å². The van der Waals surface area contributed by atoms with Crippen LogP contribution < -0.4 is 15.6 Å². The van der Waals surface area contributed by atoms with Gasteiger partial charge in [-0.2, -0.15) is 0 Å². The molecular weight excluding hydrogens is 560 g/mol. The van der Waals surface area contributed by atoms with Crippen molar-refractivity contribution in [3.63, 3.8) is 0 Å². The predicted molar refractivity (Wildman–Crippen MR) is 165 cm³/mol. The summed E-state index contributed by atoms with van der Waals surface area (Å²) in [6.07, 6.45) is 1.86. The molecule has 0 aliphatic carbocycles. The molecule has 0 saturated carbocycles. The number of hydrogen-bond acceptors (Lipinski definition) is 6. The highest BCUT2D eigenvalue weighted by Crippen LogP contribution is 2.34. The highest BCUT2D eigenvalue weighted by atomic mass is 35.5. The number of ether oxygens (including phenoxy) is 2. The quantitative estimate of drug-likeness (QED) is 0.231. The van der Waals surface area contributed by atoms with Gasteiger partial charge in [-0.3, -0.25) is 19.0 Å². The topological polar surface area (TPSA) is 124 Å². The molecule has 9 nitrogen and oxygen atoms in total. The third-order valence-corrected chi connectivity index (χ3v) is 6.36. The highest BCUT2D eigenvalue weighted by molar-refractivity contribution is 6.31. The van der Waals surface area contributed by atoms with Crippen molar-refractivity contribution in [3.05, 3.63) is 81.2 Å². The number of nitrogens with one attached hydrogen (secondary N) is 1. The minimum atomic E-state index is -1.09. The third kappa shape index (κ3) is 9.03. The van der Waals surface area contributed by atoms with Gasteiger partial charge in [0.1, 0.15) is 11.8 Å². The molecule has 2 aromatic carbocycles. The number of anilines is 1. The van der Waals surface area contributed by atoms with E-state index < -0.39 is 29.1 Å². The molecular formula is C32H39ClN2O7. The summed E-state index contributed by atoms with van der Waals surface area (Å²) in [5, 5.41) is 12.3. The van der Waals surface area contributed by atoms with Crippen LogP contribution >= 0.6 is 11.6 Å². The first kappa shape index (κ1) is 34.3. The first-order chi connectivity index (χ1) is 19.8. The van der Waals surface area contributed by atoms with Crippen LogP contribution in [0, 0.1) is 0 Å². The molecule has 3 aromatic rings. The highest BCUT2D eigenvalue weighted by Gasteiger charge is 2.26. The molecule has 42 heavy (non-hydrogen) atoms. The number of carbonyl (C=O) groups excluding carboxylic acids is 2. The van der Waals surface area contributed by atoms with Gasteiger partial charge >= 0.3 is 5.97 Å². The zero-order chi connectivity index (χ0) is 31.6. The lowest BCUT2D eigenvalue weighted by molar-refractivity contribution is -0.120. The Balaban J connectivity index is 0.00000301. The summed E-state index contributed by atoms with van der Waals surface area (Å²) >= 11 is 6.24. The number of Topliss-reactive ketones (excluding diaryl/α,β-unsaturated/α-hetero) is 1. The van der Waals surface area contributed by atoms with Crippen LogP contribution in [0.25, 0.3) is 11.1 Å². The number of carboxylic acids is 1. The predicted octanol–water partition coefficient (Wildman–Crippen LogP) is 6.88. The number of nitrogens with zero attached hydrogens (tertiary/aromatic N) is 1. The van der Waals surface area contributed by atoms with Gasteiger partial charge in [0.2, 0.25) is 5.91 Å². The molecule has 3 rings (SSSR count). The van der Waals surface area contributed by atoms with Gasteiger partial charge < -0.3 is 19.9 Å². The molecule has 226 valence electrons. The Hall–Kier alpha value is -3.95. The molecule has 2 N–H and O–H groups in total. The van der Waals surface area contributed by atoms with Crippen molar-refractivity contribution in [2.24, 2.45) is 0 Å². The van der Waals surface area contributed by atoms with E-state index in [4.69, 9.17) is 26.2 Å². The molecule has 0 radical (unpaired) electrons. The van der Waals surface area contributed by atoms with Crippen molar-refractivity contribution in [1.29, 1.82) is 0 Å². The van der Waals surface area contributed by atoms with Crippen molar-refractivity contribution < 1.29 is 29.0 Å². The van der Waals surface area contributed by atoms with Gasteiger partial charge in [0.25, 0.3) is 5.56 Å². The lowest BCUT2D eigenvalue weighted by Crippen LogP contribution is -2.34. The van der Waals surface area contributed by atoms with Crippen molar-refractivity contribution >= 4 is 34.9 Å². The Bertz CT molecular complexity index is 1460. The van der Waals surface area contributed by atoms with Gasteiger partial charge in [-0.15, -0.1) is 0 Å². The molecule has 0 fully saturated rings. The van der Waals surface area contributed by atoms with E-state index >= 15 is 0 Å². The molecule has 0 aliphatic heterocycles. The molecule has 1 amide bonds. The molecule has 1 heterocycles. The maximum Gasteiger partial charge on any atom is 0.335 e.